The number of primary amides is 1. The van der Waals surface area contributed by atoms with Crippen LogP contribution in [0.25, 0.3) is 22.3 Å². The van der Waals surface area contributed by atoms with Crippen molar-refractivity contribution in [1.29, 1.82) is 0 Å². The molecule has 0 radical (unpaired) electrons. The van der Waals surface area contributed by atoms with E-state index in [2.05, 4.69) is 15.3 Å². The van der Waals surface area contributed by atoms with E-state index >= 15 is 0 Å². The molecule has 8 heteroatoms. The molecule has 2 aromatic heterocycles. The van der Waals surface area contributed by atoms with Crippen LogP contribution in [0.2, 0.25) is 0 Å². The predicted molar refractivity (Wildman–Crippen MR) is 141 cm³/mol. The topological polar surface area (TPSA) is 120 Å². The van der Waals surface area contributed by atoms with Crippen molar-refractivity contribution in [2.45, 2.75) is 12.8 Å². The number of pyridine rings is 1. The minimum absolute atomic E-state index is 0.246. The molecule has 1 amide bonds. The van der Waals surface area contributed by atoms with Crippen LogP contribution in [0.5, 0.6) is 5.75 Å². The van der Waals surface area contributed by atoms with Crippen LogP contribution >= 0.6 is 0 Å². The number of esters is 1. The van der Waals surface area contributed by atoms with Gasteiger partial charge in [-0.3, -0.25) is 14.6 Å². The van der Waals surface area contributed by atoms with Gasteiger partial charge in [0.15, 0.2) is 5.82 Å². The van der Waals surface area contributed by atoms with Crippen LogP contribution in [-0.2, 0) is 11.2 Å². The maximum Gasteiger partial charge on any atom is 0.311 e. The van der Waals surface area contributed by atoms with Crippen molar-refractivity contribution in [1.82, 2.24) is 15.0 Å². The number of carbonyl (C=O) groups is 2. The standard InChI is InChI=1S/C29H23N5O3/c30-27(36)22-10-4-5-11-24(22)33-29-23-17-21(37-26(35)15-12-19-7-2-1-3-8-19)13-14-25(23)32-28(34-29)20-9-6-16-31-18-20/h1-11,13-14,16-18H,12,15H2,(H2,30,36)(H,32,33,34). The van der Waals surface area contributed by atoms with Crippen LogP contribution in [0.15, 0.2) is 97.3 Å². The number of aryl methyl sites for hydroxylation is 1. The summed E-state index contributed by atoms with van der Waals surface area (Å²) in [5.41, 5.74) is 8.81. The van der Waals surface area contributed by atoms with E-state index in [-0.39, 0.29) is 12.4 Å². The molecular formula is C29H23N5O3. The van der Waals surface area contributed by atoms with Gasteiger partial charge in [-0.15, -0.1) is 0 Å². The molecule has 0 saturated carbocycles. The highest BCUT2D eigenvalue weighted by Gasteiger charge is 2.15. The van der Waals surface area contributed by atoms with Gasteiger partial charge < -0.3 is 15.8 Å². The molecule has 0 spiro atoms. The number of rotatable bonds is 8. The zero-order valence-corrected chi connectivity index (χ0v) is 19.8. The SMILES string of the molecule is NC(=O)c1ccccc1Nc1nc(-c2cccnc2)nc2ccc(OC(=O)CCc3ccccc3)cc12. The van der Waals surface area contributed by atoms with E-state index < -0.39 is 5.91 Å². The molecule has 0 aliphatic carbocycles. The molecule has 3 N–H and O–H groups in total. The Bertz CT molecular complexity index is 1570. The molecule has 0 bridgehead atoms. The summed E-state index contributed by atoms with van der Waals surface area (Å²) in [5.74, 6) is 0.341. The highest BCUT2D eigenvalue weighted by Crippen LogP contribution is 2.31. The fraction of sp³-hybridized carbons (Fsp3) is 0.0690. The summed E-state index contributed by atoms with van der Waals surface area (Å²) in [6.07, 6.45) is 4.17. The van der Waals surface area contributed by atoms with Gasteiger partial charge in [-0.05, 0) is 54.4 Å². The zero-order valence-electron chi connectivity index (χ0n) is 19.8. The molecule has 8 nitrogen and oxygen atoms in total. The Balaban J connectivity index is 1.49. The van der Waals surface area contributed by atoms with E-state index in [4.69, 9.17) is 15.5 Å². The molecule has 5 aromatic rings. The van der Waals surface area contributed by atoms with Crippen LogP contribution in [0, 0.1) is 0 Å². The molecule has 3 aromatic carbocycles. The number of nitrogens with one attached hydrogen (secondary N) is 1. The second kappa shape index (κ2) is 10.7. The summed E-state index contributed by atoms with van der Waals surface area (Å²) in [5, 5.41) is 3.83. The molecule has 0 aliphatic heterocycles. The van der Waals surface area contributed by atoms with Crippen molar-refractivity contribution in [2.24, 2.45) is 5.73 Å². The van der Waals surface area contributed by atoms with Crippen LogP contribution in [-0.4, -0.2) is 26.8 Å². The second-order valence-corrected chi connectivity index (χ2v) is 8.31. The molecule has 0 saturated heterocycles. The monoisotopic (exact) mass is 489 g/mol. The van der Waals surface area contributed by atoms with Crippen molar-refractivity contribution < 1.29 is 14.3 Å². The third-order valence-corrected chi connectivity index (χ3v) is 5.72. The van der Waals surface area contributed by atoms with Crippen molar-refractivity contribution in [3.8, 4) is 17.1 Å². The normalized spacial score (nSPS) is 10.7. The number of carbonyl (C=O) groups excluding carboxylic acids is 2. The molecule has 0 unspecified atom stereocenters. The summed E-state index contributed by atoms with van der Waals surface area (Å²) >= 11 is 0. The lowest BCUT2D eigenvalue weighted by molar-refractivity contribution is -0.134. The number of aromatic nitrogens is 3. The lowest BCUT2D eigenvalue weighted by atomic mass is 10.1. The van der Waals surface area contributed by atoms with E-state index in [0.29, 0.717) is 46.0 Å². The van der Waals surface area contributed by atoms with Crippen LogP contribution < -0.4 is 15.8 Å². The average Bonchev–Trinajstić information content (AvgIpc) is 2.93. The third kappa shape index (κ3) is 5.59. The minimum atomic E-state index is -0.568. The third-order valence-electron chi connectivity index (χ3n) is 5.72. The number of anilines is 2. The summed E-state index contributed by atoms with van der Waals surface area (Å²) in [4.78, 5) is 38.1. The first kappa shape index (κ1) is 23.6. The highest BCUT2D eigenvalue weighted by atomic mass is 16.5. The number of nitrogens with zero attached hydrogens (tertiary/aromatic N) is 3. The van der Waals surface area contributed by atoms with Crippen LogP contribution in [0.3, 0.4) is 0 Å². The largest absolute Gasteiger partial charge is 0.426 e. The number of benzene rings is 3. The molecule has 0 atom stereocenters. The maximum atomic E-state index is 12.5. The van der Waals surface area contributed by atoms with E-state index in [1.54, 1.807) is 60.9 Å². The van der Waals surface area contributed by atoms with Crippen molar-refractivity contribution in [3.63, 3.8) is 0 Å². The van der Waals surface area contributed by atoms with Gasteiger partial charge in [0.1, 0.15) is 11.6 Å². The van der Waals surface area contributed by atoms with Gasteiger partial charge >= 0.3 is 5.97 Å². The zero-order chi connectivity index (χ0) is 25.6. The fourth-order valence-electron chi connectivity index (χ4n) is 3.90. The van der Waals surface area contributed by atoms with Gasteiger partial charge in [-0.25, -0.2) is 9.97 Å². The Labute approximate surface area is 213 Å². The molecule has 5 rings (SSSR count). The van der Waals surface area contributed by atoms with Gasteiger partial charge in [0.05, 0.1) is 16.8 Å². The molecule has 182 valence electrons. The first-order chi connectivity index (χ1) is 18.1. The number of para-hydroxylation sites is 1. The fourth-order valence-corrected chi connectivity index (χ4v) is 3.90. The van der Waals surface area contributed by atoms with Gasteiger partial charge in [-0.1, -0.05) is 42.5 Å². The van der Waals surface area contributed by atoms with Crippen LogP contribution in [0.4, 0.5) is 11.5 Å². The van der Waals surface area contributed by atoms with Gasteiger partial charge in [0.2, 0.25) is 0 Å². The number of amides is 1. The lowest BCUT2D eigenvalue weighted by Gasteiger charge is -2.14. The van der Waals surface area contributed by atoms with E-state index in [1.807, 2.05) is 36.4 Å². The summed E-state index contributed by atoms with van der Waals surface area (Å²) < 4.78 is 5.62. The maximum absolute atomic E-state index is 12.5. The first-order valence-corrected chi connectivity index (χ1v) is 11.7. The molecule has 0 fully saturated rings. The molecule has 37 heavy (non-hydrogen) atoms. The first-order valence-electron chi connectivity index (χ1n) is 11.7. The smallest absolute Gasteiger partial charge is 0.311 e. The Morgan fingerprint density at radius 2 is 1.70 bits per heavy atom. The number of hydrogen-bond donors (Lipinski definition) is 2. The Morgan fingerprint density at radius 3 is 2.49 bits per heavy atom. The predicted octanol–water partition coefficient (Wildman–Crippen LogP) is 5.07. The number of fused-ring (bicyclic) bond motifs is 1. The Hall–Kier alpha value is -5.11. The average molecular weight is 490 g/mol. The molecule has 0 aliphatic rings. The van der Waals surface area contributed by atoms with Crippen molar-refractivity contribution in [2.75, 3.05) is 5.32 Å². The van der Waals surface area contributed by atoms with Crippen molar-refractivity contribution in [3.05, 3.63) is 108 Å². The quantitative estimate of drug-likeness (QED) is 0.231. The van der Waals surface area contributed by atoms with Crippen LogP contribution in [0.1, 0.15) is 22.3 Å². The lowest BCUT2D eigenvalue weighted by Crippen LogP contribution is -2.13. The van der Waals surface area contributed by atoms with Crippen molar-refractivity contribution >= 4 is 34.3 Å². The number of nitrogens with two attached hydrogens (primary N) is 1. The van der Waals surface area contributed by atoms with E-state index in [1.165, 1.54) is 0 Å². The van der Waals surface area contributed by atoms with Gasteiger partial charge in [0, 0.05) is 29.8 Å². The number of ether oxygens (including phenoxy) is 1. The second-order valence-electron chi connectivity index (χ2n) is 8.31. The Kier molecular flexibility index (Phi) is 6.80. The minimum Gasteiger partial charge on any atom is -0.426 e. The van der Waals surface area contributed by atoms with Gasteiger partial charge in [0.25, 0.3) is 5.91 Å². The molecular weight excluding hydrogens is 466 g/mol. The van der Waals surface area contributed by atoms with Gasteiger partial charge in [-0.2, -0.15) is 0 Å². The highest BCUT2D eigenvalue weighted by molar-refractivity contribution is 6.01. The van der Waals surface area contributed by atoms with E-state index in [9.17, 15) is 9.59 Å². The van der Waals surface area contributed by atoms with E-state index in [0.717, 1.165) is 11.1 Å². The number of hydrogen-bond acceptors (Lipinski definition) is 7. The summed E-state index contributed by atoms with van der Waals surface area (Å²) in [6, 6.07) is 25.5. The molecule has 2 heterocycles. The Morgan fingerprint density at radius 1 is 0.892 bits per heavy atom. The summed E-state index contributed by atoms with van der Waals surface area (Å²) in [6.45, 7) is 0. The summed E-state index contributed by atoms with van der Waals surface area (Å²) in [7, 11) is 0.